The summed E-state index contributed by atoms with van der Waals surface area (Å²) < 4.78 is 7.90. The highest BCUT2D eigenvalue weighted by atomic mass is 16.5. The molecule has 4 heterocycles. The van der Waals surface area contributed by atoms with Gasteiger partial charge in [-0.25, -0.2) is 15.0 Å². The van der Waals surface area contributed by atoms with Crippen molar-refractivity contribution in [3.05, 3.63) is 66.1 Å². The highest BCUT2D eigenvalue weighted by molar-refractivity contribution is 5.53. The van der Waals surface area contributed by atoms with E-state index in [0.29, 0.717) is 26.0 Å². The molecule has 7 heteroatoms. The summed E-state index contributed by atoms with van der Waals surface area (Å²) in [4.78, 5) is 15.4. The zero-order valence-electron chi connectivity index (χ0n) is 15.7. The van der Waals surface area contributed by atoms with E-state index in [1.807, 2.05) is 29.0 Å². The average molecular weight is 377 g/mol. The van der Waals surface area contributed by atoms with Gasteiger partial charge in [-0.3, -0.25) is 0 Å². The first-order valence-electron chi connectivity index (χ1n) is 9.67. The molecule has 0 unspecified atom stereocenters. The van der Waals surface area contributed by atoms with Crippen LogP contribution >= 0.6 is 0 Å². The highest BCUT2D eigenvalue weighted by Crippen LogP contribution is 2.34. The van der Waals surface area contributed by atoms with Crippen LogP contribution in [0.15, 0.2) is 49.3 Å². The maximum Gasteiger partial charge on any atom is 0.135 e. The molecule has 0 radical (unpaired) electrons. The van der Waals surface area contributed by atoms with Crippen molar-refractivity contribution >= 4 is 5.82 Å². The van der Waals surface area contributed by atoms with Crippen LogP contribution in [0.4, 0.5) is 5.82 Å². The third-order valence-corrected chi connectivity index (χ3v) is 5.75. The maximum atomic E-state index is 11.0. The number of aliphatic hydroxyl groups is 1. The van der Waals surface area contributed by atoms with E-state index in [1.54, 1.807) is 18.9 Å². The van der Waals surface area contributed by atoms with E-state index in [1.165, 1.54) is 0 Å². The number of hydrogen-bond acceptors (Lipinski definition) is 6. The van der Waals surface area contributed by atoms with Crippen LogP contribution < -0.4 is 9.64 Å². The lowest BCUT2D eigenvalue weighted by Crippen LogP contribution is -2.47. The average Bonchev–Trinajstić information content (AvgIpc) is 3.13. The van der Waals surface area contributed by atoms with E-state index in [4.69, 9.17) is 4.74 Å². The summed E-state index contributed by atoms with van der Waals surface area (Å²) in [6, 6.07) is 8.13. The Morgan fingerprint density at radius 3 is 2.82 bits per heavy atom. The Labute approximate surface area is 163 Å². The second-order valence-corrected chi connectivity index (χ2v) is 7.64. The Hall–Kier alpha value is -2.93. The standard InChI is InChI=1S/C21H23N5O2/c27-21(13-25-10-7-22-15-25)5-8-26(9-6-21)20-17-11-16-3-1-2-4-19(16)28-12-18(17)23-14-24-20/h1-4,7,10,14-15,27H,5-6,8-9,11-13H2. The fourth-order valence-corrected chi connectivity index (χ4v) is 4.16. The second-order valence-electron chi connectivity index (χ2n) is 7.64. The highest BCUT2D eigenvalue weighted by Gasteiger charge is 2.34. The number of aromatic nitrogens is 4. The zero-order chi connectivity index (χ0) is 19.0. The summed E-state index contributed by atoms with van der Waals surface area (Å²) in [6.07, 6.45) is 9.16. The molecule has 0 bridgehead atoms. The molecular formula is C21H23N5O2. The minimum Gasteiger partial charge on any atom is -0.487 e. The van der Waals surface area contributed by atoms with Crippen molar-refractivity contribution in [3.63, 3.8) is 0 Å². The van der Waals surface area contributed by atoms with Crippen LogP contribution in [0.2, 0.25) is 0 Å². The number of rotatable bonds is 3. The third kappa shape index (κ3) is 3.22. The van der Waals surface area contributed by atoms with Crippen molar-refractivity contribution in [2.45, 2.75) is 38.0 Å². The van der Waals surface area contributed by atoms with Crippen LogP contribution in [0, 0.1) is 0 Å². The van der Waals surface area contributed by atoms with Crippen LogP contribution in [0.3, 0.4) is 0 Å². The van der Waals surface area contributed by atoms with Crippen molar-refractivity contribution < 1.29 is 9.84 Å². The molecule has 1 aromatic carbocycles. The summed E-state index contributed by atoms with van der Waals surface area (Å²) in [5.74, 6) is 1.88. The van der Waals surface area contributed by atoms with Gasteiger partial charge in [0.2, 0.25) is 0 Å². The Morgan fingerprint density at radius 1 is 1.14 bits per heavy atom. The van der Waals surface area contributed by atoms with Gasteiger partial charge in [0, 0.05) is 37.5 Å². The van der Waals surface area contributed by atoms with Gasteiger partial charge in [0.1, 0.15) is 24.5 Å². The summed E-state index contributed by atoms with van der Waals surface area (Å²) in [5.41, 5.74) is 2.52. The van der Waals surface area contributed by atoms with E-state index in [0.717, 1.165) is 47.9 Å². The second kappa shape index (κ2) is 6.91. The van der Waals surface area contributed by atoms with Gasteiger partial charge in [-0.1, -0.05) is 18.2 Å². The number of benzene rings is 1. The van der Waals surface area contributed by atoms with Crippen LogP contribution in [-0.4, -0.2) is 43.3 Å². The summed E-state index contributed by atoms with van der Waals surface area (Å²) in [6.45, 7) is 2.55. The molecule has 0 atom stereocenters. The lowest BCUT2D eigenvalue weighted by atomic mass is 9.91. The number of nitrogens with zero attached hydrogens (tertiary/aromatic N) is 5. The van der Waals surface area contributed by atoms with E-state index in [9.17, 15) is 5.11 Å². The van der Waals surface area contributed by atoms with Crippen LogP contribution in [0.25, 0.3) is 0 Å². The van der Waals surface area contributed by atoms with Crippen molar-refractivity contribution in [1.82, 2.24) is 19.5 Å². The van der Waals surface area contributed by atoms with Crippen molar-refractivity contribution in [1.29, 1.82) is 0 Å². The number of piperidine rings is 1. The molecule has 0 aliphatic carbocycles. The molecule has 1 saturated heterocycles. The molecule has 5 rings (SSSR count). The molecule has 0 spiro atoms. The van der Waals surface area contributed by atoms with E-state index >= 15 is 0 Å². The molecule has 0 amide bonds. The van der Waals surface area contributed by atoms with E-state index in [2.05, 4.69) is 25.9 Å². The number of fused-ring (bicyclic) bond motifs is 2. The Bertz CT molecular complexity index is 965. The first kappa shape index (κ1) is 17.2. The van der Waals surface area contributed by atoms with Gasteiger partial charge in [0.15, 0.2) is 0 Å². The van der Waals surface area contributed by atoms with Gasteiger partial charge in [-0.15, -0.1) is 0 Å². The molecule has 1 N–H and O–H groups in total. The van der Waals surface area contributed by atoms with E-state index in [-0.39, 0.29) is 0 Å². The van der Waals surface area contributed by atoms with Gasteiger partial charge < -0.3 is 19.3 Å². The minimum atomic E-state index is -0.711. The third-order valence-electron chi connectivity index (χ3n) is 5.75. The molecule has 2 aromatic heterocycles. The van der Waals surface area contributed by atoms with Crippen LogP contribution in [0.5, 0.6) is 5.75 Å². The van der Waals surface area contributed by atoms with E-state index < -0.39 is 5.60 Å². The molecule has 1 fully saturated rings. The number of ether oxygens (including phenoxy) is 1. The Morgan fingerprint density at radius 2 is 2.00 bits per heavy atom. The molecule has 28 heavy (non-hydrogen) atoms. The van der Waals surface area contributed by atoms with Crippen LogP contribution in [-0.2, 0) is 19.6 Å². The van der Waals surface area contributed by atoms with Gasteiger partial charge in [-0.2, -0.15) is 0 Å². The van der Waals surface area contributed by atoms with Gasteiger partial charge in [-0.05, 0) is 24.5 Å². The molecule has 3 aromatic rings. The maximum absolute atomic E-state index is 11.0. The normalized spacial score (nSPS) is 18.0. The predicted octanol–water partition coefficient (Wildman–Crippen LogP) is 2.19. The van der Waals surface area contributed by atoms with Crippen molar-refractivity contribution in [2.24, 2.45) is 0 Å². The summed E-state index contributed by atoms with van der Waals surface area (Å²) in [7, 11) is 0. The number of imidazole rings is 1. The quantitative estimate of drug-likeness (QED) is 0.754. The molecule has 2 aliphatic heterocycles. The van der Waals surface area contributed by atoms with Crippen molar-refractivity contribution in [3.8, 4) is 5.75 Å². The van der Waals surface area contributed by atoms with Crippen LogP contribution in [0.1, 0.15) is 29.7 Å². The smallest absolute Gasteiger partial charge is 0.135 e. The number of anilines is 1. The topological polar surface area (TPSA) is 76.3 Å². The van der Waals surface area contributed by atoms with Gasteiger partial charge in [0.05, 0.1) is 24.2 Å². The Balaban J connectivity index is 1.37. The van der Waals surface area contributed by atoms with Crippen molar-refractivity contribution in [2.75, 3.05) is 18.0 Å². The zero-order valence-corrected chi connectivity index (χ0v) is 15.7. The lowest BCUT2D eigenvalue weighted by molar-refractivity contribution is -0.000210. The summed E-state index contributed by atoms with van der Waals surface area (Å²) in [5, 5.41) is 11.0. The first-order chi connectivity index (χ1) is 13.7. The molecule has 144 valence electrons. The largest absolute Gasteiger partial charge is 0.487 e. The molecule has 2 aliphatic rings. The number of para-hydroxylation sites is 1. The monoisotopic (exact) mass is 377 g/mol. The molecule has 0 saturated carbocycles. The van der Waals surface area contributed by atoms with Gasteiger partial charge in [0.25, 0.3) is 0 Å². The minimum absolute atomic E-state index is 0.459. The molecular weight excluding hydrogens is 354 g/mol. The predicted molar refractivity (Wildman–Crippen MR) is 104 cm³/mol. The first-order valence-corrected chi connectivity index (χ1v) is 9.67. The number of hydrogen-bond donors (Lipinski definition) is 1. The van der Waals surface area contributed by atoms with Gasteiger partial charge >= 0.3 is 0 Å². The molecule has 7 nitrogen and oxygen atoms in total. The lowest BCUT2D eigenvalue weighted by Gasteiger charge is -2.39. The fraction of sp³-hybridized carbons (Fsp3) is 0.381. The Kier molecular flexibility index (Phi) is 4.24. The summed E-state index contributed by atoms with van der Waals surface area (Å²) >= 11 is 0. The fourth-order valence-electron chi connectivity index (χ4n) is 4.16. The SMILES string of the molecule is OC1(Cn2ccnc2)CCN(c2ncnc3c2Cc2ccccc2OC3)CC1.